The molecule has 0 unspecified atom stereocenters. The van der Waals surface area contributed by atoms with Crippen LogP contribution in [0.15, 0.2) is 42.5 Å². The first-order valence-electron chi connectivity index (χ1n) is 5.13. The molecule has 3 aromatic carbocycles. The molecule has 3 rings (SSSR count). The smallest absolute Gasteiger partial charge is 0.159 e. The van der Waals surface area contributed by atoms with Crippen molar-refractivity contribution in [1.82, 2.24) is 0 Å². The lowest BCUT2D eigenvalue weighted by molar-refractivity contribution is 0.511. The van der Waals surface area contributed by atoms with Crippen LogP contribution in [0.2, 0.25) is 0 Å². The summed E-state index contributed by atoms with van der Waals surface area (Å²) < 4.78 is 40.0. The van der Waals surface area contributed by atoms with Crippen molar-refractivity contribution in [2.75, 3.05) is 0 Å². The molecule has 0 nitrogen and oxygen atoms in total. The maximum Gasteiger partial charge on any atom is 0.159 e. The summed E-state index contributed by atoms with van der Waals surface area (Å²) in [6, 6.07) is 10.1. The van der Waals surface area contributed by atoms with E-state index in [9.17, 15) is 13.2 Å². The van der Waals surface area contributed by atoms with E-state index in [0.717, 1.165) is 12.1 Å². The molecular weight excluding hydrogens is 225 g/mol. The van der Waals surface area contributed by atoms with Crippen LogP contribution in [-0.4, -0.2) is 0 Å². The normalized spacial score (nSPS) is 11.2. The molecule has 0 heterocycles. The third-order valence-electron chi connectivity index (χ3n) is 2.85. The Kier molecular flexibility index (Phi) is 2.08. The van der Waals surface area contributed by atoms with E-state index in [0.29, 0.717) is 21.5 Å². The van der Waals surface area contributed by atoms with E-state index in [1.807, 2.05) is 0 Å². The zero-order valence-corrected chi connectivity index (χ0v) is 8.68. The Morgan fingerprint density at radius 3 is 2.18 bits per heavy atom. The van der Waals surface area contributed by atoms with Gasteiger partial charge in [-0.25, -0.2) is 13.2 Å². The largest absolute Gasteiger partial charge is 0.206 e. The van der Waals surface area contributed by atoms with Gasteiger partial charge in [0.25, 0.3) is 0 Å². The molecule has 84 valence electrons. The van der Waals surface area contributed by atoms with Crippen molar-refractivity contribution in [3.63, 3.8) is 0 Å². The van der Waals surface area contributed by atoms with Crippen LogP contribution in [0.1, 0.15) is 0 Å². The summed E-state index contributed by atoms with van der Waals surface area (Å²) in [7, 11) is 0. The highest BCUT2D eigenvalue weighted by Gasteiger charge is 2.09. The van der Waals surface area contributed by atoms with Crippen LogP contribution in [0, 0.1) is 17.5 Å². The van der Waals surface area contributed by atoms with Crippen LogP contribution in [0.5, 0.6) is 0 Å². The van der Waals surface area contributed by atoms with Gasteiger partial charge < -0.3 is 0 Å². The molecule has 3 aromatic rings. The number of benzene rings is 3. The molecule has 0 fully saturated rings. The average Bonchev–Trinajstić information content (AvgIpc) is 2.31. The third kappa shape index (κ3) is 1.46. The van der Waals surface area contributed by atoms with Crippen molar-refractivity contribution >= 4 is 21.5 Å². The minimum absolute atomic E-state index is 0.323. The fourth-order valence-corrected chi connectivity index (χ4v) is 2.06. The minimum atomic E-state index is -0.965. The van der Waals surface area contributed by atoms with Crippen molar-refractivity contribution in [2.24, 2.45) is 0 Å². The SMILES string of the molecule is Fc1cc2ccc3cccc(F)c3c2cc1F. The molecule has 0 aliphatic heterocycles. The molecule has 0 saturated heterocycles. The number of fused-ring (bicyclic) bond motifs is 3. The van der Waals surface area contributed by atoms with Gasteiger partial charge in [-0.3, -0.25) is 0 Å². The Hall–Kier alpha value is -2.03. The maximum atomic E-state index is 13.7. The number of hydrogen-bond donors (Lipinski definition) is 0. The molecule has 0 bridgehead atoms. The second-order valence-electron chi connectivity index (χ2n) is 3.89. The van der Waals surface area contributed by atoms with Crippen molar-refractivity contribution in [3.05, 3.63) is 59.9 Å². The van der Waals surface area contributed by atoms with Crippen LogP contribution >= 0.6 is 0 Å². The summed E-state index contributed by atoms with van der Waals surface area (Å²) in [4.78, 5) is 0. The summed E-state index contributed by atoms with van der Waals surface area (Å²) in [5.41, 5.74) is 0. The van der Waals surface area contributed by atoms with Gasteiger partial charge in [0.1, 0.15) is 5.82 Å². The molecule has 0 aliphatic carbocycles. The highest BCUT2D eigenvalue weighted by Crippen LogP contribution is 2.29. The lowest BCUT2D eigenvalue weighted by Gasteiger charge is -2.05. The van der Waals surface area contributed by atoms with E-state index in [1.165, 1.54) is 6.07 Å². The molecule has 17 heavy (non-hydrogen) atoms. The highest BCUT2D eigenvalue weighted by molar-refractivity contribution is 6.07. The van der Waals surface area contributed by atoms with Gasteiger partial charge in [-0.2, -0.15) is 0 Å². The van der Waals surface area contributed by atoms with E-state index >= 15 is 0 Å². The van der Waals surface area contributed by atoms with E-state index < -0.39 is 17.5 Å². The van der Waals surface area contributed by atoms with Crippen LogP contribution in [0.25, 0.3) is 21.5 Å². The highest BCUT2D eigenvalue weighted by atomic mass is 19.2. The topological polar surface area (TPSA) is 0 Å². The Labute approximate surface area is 95.3 Å². The Morgan fingerprint density at radius 1 is 0.647 bits per heavy atom. The van der Waals surface area contributed by atoms with E-state index in [4.69, 9.17) is 0 Å². The van der Waals surface area contributed by atoms with Crippen molar-refractivity contribution in [2.45, 2.75) is 0 Å². The van der Waals surface area contributed by atoms with Crippen LogP contribution in [0.3, 0.4) is 0 Å². The molecule has 3 heteroatoms. The molecule has 0 saturated carbocycles. The first-order chi connectivity index (χ1) is 8.16. The number of hydrogen-bond acceptors (Lipinski definition) is 0. The summed E-state index contributed by atoms with van der Waals surface area (Å²) in [5.74, 6) is -2.32. The van der Waals surface area contributed by atoms with E-state index in [2.05, 4.69) is 0 Å². The van der Waals surface area contributed by atoms with Crippen molar-refractivity contribution in [3.8, 4) is 0 Å². The first-order valence-corrected chi connectivity index (χ1v) is 5.13. The lowest BCUT2D eigenvalue weighted by atomic mass is 10.0. The zero-order chi connectivity index (χ0) is 12.0. The fourth-order valence-electron chi connectivity index (χ4n) is 2.06. The second kappa shape index (κ2) is 3.48. The van der Waals surface area contributed by atoms with Gasteiger partial charge in [-0.05, 0) is 34.4 Å². The molecular formula is C14H7F3. The second-order valence-corrected chi connectivity index (χ2v) is 3.89. The van der Waals surface area contributed by atoms with Crippen molar-refractivity contribution < 1.29 is 13.2 Å². The van der Waals surface area contributed by atoms with Gasteiger partial charge in [0.2, 0.25) is 0 Å². The number of halogens is 3. The summed E-state index contributed by atoms with van der Waals surface area (Å²) in [6.07, 6.45) is 0. The van der Waals surface area contributed by atoms with Crippen LogP contribution < -0.4 is 0 Å². The van der Waals surface area contributed by atoms with Crippen LogP contribution in [0.4, 0.5) is 13.2 Å². The van der Waals surface area contributed by atoms with Crippen LogP contribution in [-0.2, 0) is 0 Å². The summed E-state index contributed by atoms with van der Waals surface area (Å²) in [5, 5.41) is 1.87. The van der Waals surface area contributed by atoms with E-state index in [1.54, 1.807) is 24.3 Å². The van der Waals surface area contributed by atoms with Gasteiger partial charge in [-0.1, -0.05) is 24.3 Å². The Bertz CT molecular complexity index is 732. The standard InChI is InChI=1S/C14H7F3/c15-11-3-1-2-8-4-5-9-6-12(16)13(17)7-10(9)14(8)11/h1-7H. The Balaban J connectivity index is 2.59. The number of rotatable bonds is 0. The predicted octanol–water partition coefficient (Wildman–Crippen LogP) is 4.41. The molecule has 0 N–H and O–H groups in total. The fraction of sp³-hybridized carbons (Fsp3) is 0. The summed E-state index contributed by atoms with van der Waals surface area (Å²) in [6.45, 7) is 0. The van der Waals surface area contributed by atoms with Gasteiger partial charge in [0, 0.05) is 5.39 Å². The zero-order valence-electron chi connectivity index (χ0n) is 8.68. The first kappa shape index (κ1) is 10.1. The lowest BCUT2D eigenvalue weighted by Crippen LogP contribution is -1.87. The van der Waals surface area contributed by atoms with E-state index in [-0.39, 0.29) is 0 Å². The molecule has 0 aromatic heterocycles. The van der Waals surface area contributed by atoms with Gasteiger partial charge in [0.05, 0.1) is 0 Å². The quantitative estimate of drug-likeness (QED) is 0.503. The maximum absolute atomic E-state index is 13.7. The van der Waals surface area contributed by atoms with Gasteiger partial charge in [0.15, 0.2) is 11.6 Å². The Morgan fingerprint density at radius 2 is 1.35 bits per heavy atom. The van der Waals surface area contributed by atoms with Crippen molar-refractivity contribution in [1.29, 1.82) is 0 Å². The third-order valence-corrected chi connectivity index (χ3v) is 2.85. The predicted molar refractivity (Wildman–Crippen MR) is 61.3 cm³/mol. The molecule has 0 amide bonds. The average molecular weight is 232 g/mol. The molecule has 0 spiro atoms. The molecule has 0 radical (unpaired) electrons. The minimum Gasteiger partial charge on any atom is -0.206 e. The summed E-state index contributed by atoms with van der Waals surface area (Å²) >= 11 is 0. The monoisotopic (exact) mass is 232 g/mol. The molecule has 0 atom stereocenters. The molecule has 0 aliphatic rings. The van der Waals surface area contributed by atoms with Gasteiger partial charge in [-0.15, -0.1) is 0 Å². The van der Waals surface area contributed by atoms with Gasteiger partial charge >= 0.3 is 0 Å².